The predicted molar refractivity (Wildman–Crippen MR) is 75.1 cm³/mol. The van der Waals surface area contributed by atoms with Gasteiger partial charge in [0.15, 0.2) is 0 Å². The summed E-state index contributed by atoms with van der Waals surface area (Å²) in [6.45, 7) is 0. The number of anilines is 2. The molecule has 1 aromatic carbocycles. The maximum Gasteiger partial charge on any atom is 0.328 e. The molecule has 0 radical (unpaired) electrons. The first kappa shape index (κ1) is 14.4. The minimum absolute atomic E-state index is 0.0258. The first-order valence-corrected chi connectivity index (χ1v) is 5.82. The molecule has 0 atom stereocenters. The summed E-state index contributed by atoms with van der Waals surface area (Å²) in [5.41, 5.74) is 2.21. The van der Waals surface area contributed by atoms with Crippen LogP contribution in [0.2, 0.25) is 0 Å². The van der Waals surface area contributed by atoms with Gasteiger partial charge in [-0.05, 0) is 6.07 Å². The Morgan fingerprint density at radius 1 is 1.33 bits per heavy atom. The van der Waals surface area contributed by atoms with E-state index < -0.39 is 4.92 Å². The zero-order valence-electron chi connectivity index (χ0n) is 11.3. The third-order valence-electron chi connectivity index (χ3n) is 2.37. The fraction of sp³-hybridized carbons (Fsp3) is 0.182. The molecule has 110 valence electrons. The number of nitrogens with one attached hydrogen (secondary N) is 1. The van der Waals surface area contributed by atoms with Gasteiger partial charge in [0.2, 0.25) is 11.9 Å². The molecule has 0 aliphatic carbocycles. The number of hydrogen-bond acceptors (Lipinski definition) is 9. The van der Waals surface area contributed by atoms with E-state index >= 15 is 0 Å². The van der Waals surface area contributed by atoms with E-state index in [-0.39, 0.29) is 23.4 Å². The number of ether oxygens (including phenoxy) is 1. The van der Waals surface area contributed by atoms with Crippen molar-refractivity contribution in [1.29, 1.82) is 0 Å². The third-order valence-corrected chi connectivity index (χ3v) is 2.37. The highest BCUT2D eigenvalue weighted by atomic mass is 16.6. The zero-order chi connectivity index (χ0) is 15.4. The molecule has 0 fully saturated rings. The molecule has 21 heavy (non-hydrogen) atoms. The largest absolute Gasteiger partial charge is 0.424 e. The van der Waals surface area contributed by atoms with Crippen LogP contribution >= 0.6 is 0 Å². The van der Waals surface area contributed by atoms with Crippen LogP contribution in [-0.4, -0.2) is 34.0 Å². The van der Waals surface area contributed by atoms with Crippen LogP contribution in [-0.2, 0) is 0 Å². The fourth-order valence-electron chi connectivity index (χ4n) is 1.42. The second-order valence-corrected chi connectivity index (χ2v) is 4.14. The molecule has 0 saturated carbocycles. The summed E-state index contributed by atoms with van der Waals surface area (Å²) in [4.78, 5) is 23.9. The monoisotopic (exact) mass is 291 g/mol. The lowest BCUT2D eigenvalue weighted by atomic mass is 10.3. The number of nitrogen functional groups attached to an aromatic ring is 1. The van der Waals surface area contributed by atoms with Gasteiger partial charge in [-0.15, -0.1) is 0 Å². The Morgan fingerprint density at radius 2 is 2.10 bits per heavy atom. The van der Waals surface area contributed by atoms with Crippen LogP contribution < -0.4 is 20.9 Å². The van der Waals surface area contributed by atoms with E-state index in [0.29, 0.717) is 5.95 Å². The normalized spacial score (nSPS) is 10.0. The smallest absolute Gasteiger partial charge is 0.328 e. The van der Waals surface area contributed by atoms with Crippen molar-refractivity contribution >= 4 is 17.6 Å². The van der Waals surface area contributed by atoms with Crippen molar-refractivity contribution in [3.63, 3.8) is 0 Å². The lowest BCUT2D eigenvalue weighted by Gasteiger charge is -2.12. The molecule has 0 amide bonds. The van der Waals surface area contributed by atoms with Gasteiger partial charge in [-0.1, -0.05) is 6.07 Å². The maximum absolute atomic E-state index is 10.7. The van der Waals surface area contributed by atoms with E-state index in [0.717, 1.165) is 0 Å². The molecule has 10 nitrogen and oxygen atoms in total. The van der Waals surface area contributed by atoms with Gasteiger partial charge in [0.1, 0.15) is 5.75 Å². The lowest BCUT2D eigenvalue weighted by Crippen LogP contribution is -2.17. The number of hydrogen-bond donors (Lipinski definition) is 2. The summed E-state index contributed by atoms with van der Waals surface area (Å²) < 4.78 is 5.41. The number of hydrazine groups is 1. The standard InChI is InChI=1S/C11H13N7O3/c1-17(2)10-13-9(16-12)14-11(15-10)21-8-5-3-4-7(6-8)18(19)20/h3-6H,12H2,1-2H3,(H,13,14,15,16). The van der Waals surface area contributed by atoms with Crippen LogP contribution in [0.4, 0.5) is 17.6 Å². The van der Waals surface area contributed by atoms with Crippen LogP contribution in [0.3, 0.4) is 0 Å². The first-order valence-electron chi connectivity index (χ1n) is 5.82. The number of nitrogens with two attached hydrogens (primary N) is 1. The molecule has 0 saturated heterocycles. The van der Waals surface area contributed by atoms with Gasteiger partial charge in [-0.25, -0.2) is 5.84 Å². The average molecular weight is 291 g/mol. The first-order chi connectivity index (χ1) is 9.99. The predicted octanol–water partition coefficient (Wildman–Crippen LogP) is 0.924. The summed E-state index contributed by atoms with van der Waals surface area (Å²) in [6.07, 6.45) is 0. The van der Waals surface area contributed by atoms with Crippen LogP contribution in [0.5, 0.6) is 11.8 Å². The molecule has 0 spiro atoms. The molecule has 2 rings (SSSR count). The summed E-state index contributed by atoms with van der Waals surface area (Å²) in [5, 5.41) is 10.7. The van der Waals surface area contributed by atoms with E-state index in [1.807, 2.05) is 0 Å². The molecular weight excluding hydrogens is 278 g/mol. The quantitative estimate of drug-likeness (QED) is 0.468. The van der Waals surface area contributed by atoms with Crippen LogP contribution in [0.1, 0.15) is 0 Å². The van der Waals surface area contributed by atoms with Crippen molar-refractivity contribution < 1.29 is 9.66 Å². The molecule has 0 aliphatic heterocycles. The van der Waals surface area contributed by atoms with E-state index in [2.05, 4.69) is 20.4 Å². The number of non-ortho nitro benzene ring substituents is 1. The van der Waals surface area contributed by atoms with Crippen LogP contribution in [0.25, 0.3) is 0 Å². The fourth-order valence-corrected chi connectivity index (χ4v) is 1.42. The van der Waals surface area contributed by atoms with Gasteiger partial charge in [-0.2, -0.15) is 15.0 Å². The number of nitro groups is 1. The molecule has 0 bridgehead atoms. The minimum Gasteiger partial charge on any atom is -0.424 e. The Bertz CT molecular complexity index is 662. The third kappa shape index (κ3) is 3.51. The molecule has 1 aromatic heterocycles. The Balaban J connectivity index is 2.32. The SMILES string of the molecule is CN(C)c1nc(NN)nc(Oc2cccc([N+](=O)[O-])c2)n1. The van der Waals surface area contributed by atoms with Gasteiger partial charge in [0.25, 0.3) is 5.69 Å². The number of benzene rings is 1. The number of rotatable bonds is 5. The van der Waals surface area contributed by atoms with E-state index in [4.69, 9.17) is 10.6 Å². The summed E-state index contributed by atoms with van der Waals surface area (Å²) >= 11 is 0. The van der Waals surface area contributed by atoms with Gasteiger partial charge in [0.05, 0.1) is 11.0 Å². The van der Waals surface area contributed by atoms with Gasteiger partial charge in [-0.3, -0.25) is 15.5 Å². The summed E-state index contributed by atoms with van der Waals surface area (Å²) in [6, 6.07) is 5.67. The molecular formula is C11H13N7O3. The van der Waals surface area contributed by atoms with Crippen molar-refractivity contribution in [3.8, 4) is 11.8 Å². The van der Waals surface area contributed by atoms with E-state index in [1.54, 1.807) is 25.1 Å². The minimum atomic E-state index is -0.515. The van der Waals surface area contributed by atoms with E-state index in [9.17, 15) is 10.1 Å². The van der Waals surface area contributed by atoms with Crippen molar-refractivity contribution in [2.45, 2.75) is 0 Å². The van der Waals surface area contributed by atoms with Crippen molar-refractivity contribution in [3.05, 3.63) is 34.4 Å². The number of aromatic nitrogens is 3. The van der Waals surface area contributed by atoms with Gasteiger partial charge in [0, 0.05) is 20.2 Å². The zero-order valence-corrected chi connectivity index (χ0v) is 11.3. The molecule has 1 heterocycles. The van der Waals surface area contributed by atoms with Crippen molar-refractivity contribution in [2.75, 3.05) is 24.4 Å². The molecule has 10 heteroatoms. The summed E-state index contributed by atoms with van der Waals surface area (Å²) in [7, 11) is 3.49. The second kappa shape index (κ2) is 5.96. The highest BCUT2D eigenvalue weighted by molar-refractivity contribution is 5.41. The van der Waals surface area contributed by atoms with Crippen LogP contribution in [0, 0.1) is 10.1 Å². The molecule has 3 N–H and O–H groups in total. The second-order valence-electron chi connectivity index (χ2n) is 4.14. The highest BCUT2D eigenvalue weighted by Crippen LogP contribution is 2.24. The maximum atomic E-state index is 10.7. The molecule has 2 aromatic rings. The van der Waals surface area contributed by atoms with E-state index in [1.165, 1.54) is 18.2 Å². The Morgan fingerprint density at radius 3 is 2.71 bits per heavy atom. The highest BCUT2D eigenvalue weighted by Gasteiger charge is 2.11. The lowest BCUT2D eigenvalue weighted by molar-refractivity contribution is -0.384. The molecule has 0 aliphatic rings. The van der Waals surface area contributed by atoms with Crippen molar-refractivity contribution in [2.24, 2.45) is 5.84 Å². The number of nitro benzene ring substituents is 1. The topological polar surface area (TPSA) is 132 Å². The summed E-state index contributed by atoms with van der Waals surface area (Å²) in [5.74, 6) is 5.97. The Hall–Kier alpha value is -3.01. The number of nitrogens with zero attached hydrogens (tertiary/aromatic N) is 5. The van der Waals surface area contributed by atoms with Crippen molar-refractivity contribution in [1.82, 2.24) is 15.0 Å². The Kier molecular flexibility index (Phi) is 4.09. The van der Waals surface area contributed by atoms with Gasteiger partial charge >= 0.3 is 6.01 Å². The van der Waals surface area contributed by atoms with Crippen LogP contribution in [0.15, 0.2) is 24.3 Å². The Labute approximate surface area is 119 Å². The average Bonchev–Trinajstić information content (AvgIpc) is 2.47. The molecule has 0 unspecified atom stereocenters. The van der Waals surface area contributed by atoms with Gasteiger partial charge < -0.3 is 9.64 Å².